The number of nitrogens with two attached hydrogens (primary N) is 1. The van der Waals surface area contributed by atoms with Gasteiger partial charge in [0.15, 0.2) is 5.13 Å². The van der Waals surface area contributed by atoms with Crippen LogP contribution in [0.5, 0.6) is 5.75 Å². The molecule has 22 heavy (non-hydrogen) atoms. The standard InChI is InChI=1S/C18H26N2OS/c1-17(2,3)11-8-12(14-10-22-16(19)20-14)15(21-7)13(9-11)18(4,5)6/h8-10H,1-7H3,(H2,19,20). The molecule has 0 bridgehead atoms. The molecule has 0 radical (unpaired) electrons. The van der Waals surface area contributed by atoms with Crippen LogP contribution in [0.25, 0.3) is 11.3 Å². The molecule has 0 amide bonds. The van der Waals surface area contributed by atoms with Crippen LogP contribution in [0.2, 0.25) is 0 Å². The number of hydrogen-bond donors (Lipinski definition) is 1. The molecule has 0 unspecified atom stereocenters. The molecule has 3 nitrogen and oxygen atoms in total. The number of anilines is 1. The number of methoxy groups -OCH3 is 1. The fourth-order valence-corrected chi connectivity index (χ4v) is 3.00. The van der Waals surface area contributed by atoms with E-state index in [0.29, 0.717) is 5.13 Å². The van der Waals surface area contributed by atoms with Crippen molar-refractivity contribution in [2.45, 2.75) is 52.4 Å². The molecule has 0 spiro atoms. The summed E-state index contributed by atoms with van der Waals surface area (Å²) in [6, 6.07) is 4.45. The Hall–Kier alpha value is -1.55. The second-order valence-corrected chi connectivity index (χ2v) is 8.57. The molecule has 0 aliphatic heterocycles. The van der Waals surface area contributed by atoms with Crippen LogP contribution < -0.4 is 10.5 Å². The van der Waals surface area contributed by atoms with Crippen molar-refractivity contribution in [1.82, 2.24) is 4.98 Å². The lowest BCUT2D eigenvalue weighted by Gasteiger charge is -2.28. The molecule has 1 heterocycles. The predicted octanol–water partition coefficient (Wildman–Crippen LogP) is 5.00. The number of ether oxygens (including phenoxy) is 1. The number of thiazole rings is 1. The molecule has 0 saturated heterocycles. The summed E-state index contributed by atoms with van der Waals surface area (Å²) < 4.78 is 5.76. The van der Waals surface area contributed by atoms with E-state index < -0.39 is 0 Å². The van der Waals surface area contributed by atoms with Gasteiger partial charge in [-0.25, -0.2) is 4.98 Å². The SMILES string of the molecule is COc1c(-c2csc(N)n2)cc(C(C)(C)C)cc1C(C)(C)C. The minimum atomic E-state index is -0.0110. The van der Waals surface area contributed by atoms with Crippen molar-refractivity contribution in [3.8, 4) is 17.0 Å². The van der Waals surface area contributed by atoms with E-state index in [4.69, 9.17) is 10.5 Å². The molecule has 0 atom stereocenters. The topological polar surface area (TPSA) is 48.1 Å². The number of aromatic nitrogens is 1. The summed E-state index contributed by atoms with van der Waals surface area (Å²) in [5, 5.41) is 2.57. The molecule has 2 N–H and O–H groups in total. The fraction of sp³-hybridized carbons (Fsp3) is 0.500. The van der Waals surface area contributed by atoms with Gasteiger partial charge in [-0.2, -0.15) is 0 Å². The van der Waals surface area contributed by atoms with Crippen molar-refractivity contribution >= 4 is 16.5 Å². The van der Waals surface area contributed by atoms with Crippen LogP contribution in [0.1, 0.15) is 52.7 Å². The van der Waals surface area contributed by atoms with Gasteiger partial charge in [-0.05, 0) is 22.5 Å². The first-order valence-electron chi connectivity index (χ1n) is 7.48. The Kier molecular flexibility index (Phi) is 4.26. The molecular formula is C18H26N2OS. The molecule has 1 aromatic carbocycles. The van der Waals surface area contributed by atoms with E-state index in [1.165, 1.54) is 22.5 Å². The van der Waals surface area contributed by atoms with Crippen molar-refractivity contribution in [2.75, 3.05) is 12.8 Å². The third-order valence-corrected chi connectivity index (χ3v) is 4.44. The Morgan fingerprint density at radius 2 is 1.68 bits per heavy atom. The fourth-order valence-electron chi connectivity index (χ4n) is 2.44. The van der Waals surface area contributed by atoms with Gasteiger partial charge < -0.3 is 10.5 Å². The summed E-state index contributed by atoms with van der Waals surface area (Å²) in [7, 11) is 1.72. The lowest BCUT2D eigenvalue weighted by Crippen LogP contribution is -2.18. The van der Waals surface area contributed by atoms with Gasteiger partial charge >= 0.3 is 0 Å². The summed E-state index contributed by atoms with van der Waals surface area (Å²) in [5.41, 5.74) is 10.3. The third kappa shape index (κ3) is 3.27. The molecule has 0 saturated carbocycles. The Bertz CT molecular complexity index is 675. The number of nitrogens with zero attached hydrogens (tertiary/aromatic N) is 1. The van der Waals surface area contributed by atoms with E-state index in [-0.39, 0.29) is 10.8 Å². The zero-order valence-electron chi connectivity index (χ0n) is 14.6. The van der Waals surface area contributed by atoms with Gasteiger partial charge in [0.1, 0.15) is 5.75 Å². The maximum Gasteiger partial charge on any atom is 0.180 e. The van der Waals surface area contributed by atoms with Gasteiger partial charge in [0.05, 0.1) is 12.8 Å². The zero-order chi connectivity index (χ0) is 16.7. The molecule has 4 heteroatoms. The number of rotatable bonds is 2. The normalized spacial score (nSPS) is 12.5. The number of nitrogen functional groups attached to an aromatic ring is 1. The minimum absolute atomic E-state index is 0.0110. The highest BCUT2D eigenvalue weighted by Crippen LogP contribution is 2.42. The van der Waals surface area contributed by atoms with Gasteiger partial charge in [0.25, 0.3) is 0 Å². The molecule has 1 aromatic heterocycles. The van der Waals surface area contributed by atoms with E-state index in [9.17, 15) is 0 Å². The van der Waals surface area contributed by atoms with Gasteiger partial charge in [0.2, 0.25) is 0 Å². The molecule has 0 fully saturated rings. The van der Waals surface area contributed by atoms with E-state index >= 15 is 0 Å². The van der Waals surface area contributed by atoms with Crippen molar-refractivity contribution in [3.05, 3.63) is 28.6 Å². The molecule has 0 aliphatic carbocycles. The second kappa shape index (κ2) is 5.58. The van der Waals surface area contributed by atoms with Crippen LogP contribution in [0.15, 0.2) is 17.5 Å². The first-order valence-corrected chi connectivity index (χ1v) is 8.36. The van der Waals surface area contributed by atoms with Crippen LogP contribution in [0, 0.1) is 0 Å². The van der Waals surface area contributed by atoms with E-state index in [1.807, 2.05) is 5.38 Å². The summed E-state index contributed by atoms with van der Waals surface area (Å²) in [6.07, 6.45) is 0. The summed E-state index contributed by atoms with van der Waals surface area (Å²) in [4.78, 5) is 4.45. The zero-order valence-corrected chi connectivity index (χ0v) is 15.4. The third-order valence-electron chi connectivity index (χ3n) is 3.76. The Morgan fingerprint density at radius 1 is 1.05 bits per heavy atom. The molecule has 120 valence electrons. The van der Waals surface area contributed by atoms with Gasteiger partial charge in [-0.3, -0.25) is 0 Å². The van der Waals surface area contributed by atoms with E-state index in [2.05, 4.69) is 58.7 Å². The first-order chi connectivity index (χ1) is 10.0. The number of benzene rings is 1. The monoisotopic (exact) mass is 318 g/mol. The quantitative estimate of drug-likeness (QED) is 0.848. The Balaban J connectivity index is 2.80. The highest BCUT2D eigenvalue weighted by Gasteiger charge is 2.26. The van der Waals surface area contributed by atoms with Crippen LogP contribution in [0.4, 0.5) is 5.13 Å². The van der Waals surface area contributed by atoms with Gasteiger partial charge in [-0.1, -0.05) is 47.6 Å². The lowest BCUT2D eigenvalue weighted by molar-refractivity contribution is 0.398. The van der Waals surface area contributed by atoms with Crippen LogP contribution >= 0.6 is 11.3 Å². The van der Waals surface area contributed by atoms with Crippen molar-refractivity contribution in [1.29, 1.82) is 0 Å². The van der Waals surface area contributed by atoms with Crippen molar-refractivity contribution < 1.29 is 4.74 Å². The summed E-state index contributed by atoms with van der Waals surface area (Å²) in [6.45, 7) is 13.3. The summed E-state index contributed by atoms with van der Waals surface area (Å²) >= 11 is 1.46. The average Bonchev–Trinajstić information content (AvgIpc) is 2.81. The summed E-state index contributed by atoms with van der Waals surface area (Å²) in [5.74, 6) is 0.894. The number of hydrogen-bond acceptors (Lipinski definition) is 4. The highest BCUT2D eigenvalue weighted by molar-refractivity contribution is 7.13. The van der Waals surface area contributed by atoms with Crippen LogP contribution in [-0.2, 0) is 10.8 Å². The van der Waals surface area contributed by atoms with Crippen LogP contribution in [0.3, 0.4) is 0 Å². The van der Waals surface area contributed by atoms with Crippen molar-refractivity contribution in [2.24, 2.45) is 0 Å². The molecule has 2 rings (SSSR count). The average molecular weight is 318 g/mol. The Labute approximate surface area is 137 Å². The highest BCUT2D eigenvalue weighted by atomic mass is 32.1. The Morgan fingerprint density at radius 3 is 2.09 bits per heavy atom. The second-order valence-electron chi connectivity index (χ2n) is 7.68. The van der Waals surface area contributed by atoms with Gasteiger partial charge in [-0.15, -0.1) is 11.3 Å². The predicted molar refractivity (Wildman–Crippen MR) is 95.9 cm³/mol. The molecule has 0 aliphatic rings. The largest absolute Gasteiger partial charge is 0.496 e. The van der Waals surface area contributed by atoms with E-state index in [1.54, 1.807) is 7.11 Å². The first kappa shape index (κ1) is 16.8. The molecule has 2 aromatic rings. The van der Waals surface area contributed by atoms with Gasteiger partial charge in [0, 0.05) is 16.5 Å². The maximum absolute atomic E-state index is 5.82. The van der Waals surface area contributed by atoms with Crippen LogP contribution in [-0.4, -0.2) is 12.1 Å². The van der Waals surface area contributed by atoms with Crippen molar-refractivity contribution in [3.63, 3.8) is 0 Å². The lowest BCUT2D eigenvalue weighted by atomic mass is 9.78. The maximum atomic E-state index is 5.82. The molecular weight excluding hydrogens is 292 g/mol. The smallest absolute Gasteiger partial charge is 0.180 e. The minimum Gasteiger partial charge on any atom is -0.496 e. The van der Waals surface area contributed by atoms with E-state index in [0.717, 1.165) is 17.0 Å².